The zero-order valence-electron chi connectivity index (χ0n) is 38.7. The van der Waals surface area contributed by atoms with E-state index in [1.165, 1.54) is 89.9 Å². The van der Waals surface area contributed by atoms with Gasteiger partial charge in [0.1, 0.15) is 0 Å². The van der Waals surface area contributed by atoms with E-state index in [2.05, 4.69) is 27.7 Å². The molecule has 1 aromatic rings. The van der Waals surface area contributed by atoms with Gasteiger partial charge in [0, 0.05) is 23.4 Å². The molecule has 5 nitrogen and oxygen atoms in total. The predicted octanol–water partition coefficient (Wildman–Crippen LogP) is 15.4. The van der Waals surface area contributed by atoms with Crippen LogP contribution >= 0.6 is 0 Å². The maximum Gasteiger partial charge on any atom is 0.426 e. The zero-order chi connectivity index (χ0) is 45.2. The minimum Gasteiger partial charge on any atom is -0.466 e. The number of halogens is 6. The number of carbonyl (C=O) groups excluding carboxylic acids is 1. The molecule has 0 saturated heterocycles. The van der Waals surface area contributed by atoms with Gasteiger partial charge in [0.2, 0.25) is 0 Å². The third-order valence-electron chi connectivity index (χ3n) is 16.9. The number of unbranched alkanes of at least 4 members (excludes halogenated alkanes) is 15. The molecule has 4 fully saturated rings. The van der Waals surface area contributed by atoms with E-state index < -0.39 is 29.6 Å². The van der Waals surface area contributed by atoms with Crippen LogP contribution in [0.5, 0.6) is 0 Å². The molecule has 0 amide bonds. The minimum absolute atomic E-state index is 0.0214. The Morgan fingerprint density at radius 3 is 1.82 bits per heavy atom. The molecule has 0 aliphatic heterocycles. The van der Waals surface area contributed by atoms with Crippen molar-refractivity contribution in [3.05, 3.63) is 23.8 Å². The number of fused-ring (bicyclic) bond motifs is 5. The first-order valence-corrected chi connectivity index (χ1v) is 25.0. The van der Waals surface area contributed by atoms with E-state index in [-0.39, 0.29) is 46.9 Å². The second-order valence-corrected chi connectivity index (χ2v) is 21.0. The number of hydrogen-bond acceptors (Lipinski definition) is 5. The van der Waals surface area contributed by atoms with Gasteiger partial charge in [-0.1, -0.05) is 124 Å². The fourth-order valence-corrected chi connectivity index (χ4v) is 13.3. The Morgan fingerprint density at radius 2 is 1.24 bits per heavy atom. The lowest BCUT2D eigenvalue weighted by molar-refractivity contribution is -0.415. The molecule has 0 radical (unpaired) electrons. The highest BCUT2D eigenvalue weighted by atomic mass is 19.3. The van der Waals surface area contributed by atoms with E-state index in [0.717, 1.165) is 63.9 Å². The van der Waals surface area contributed by atoms with E-state index in [9.17, 15) is 4.79 Å². The Labute approximate surface area is 370 Å². The molecule has 62 heavy (non-hydrogen) atoms. The lowest BCUT2D eigenvalue weighted by atomic mass is 9.44. The van der Waals surface area contributed by atoms with Gasteiger partial charge in [-0.2, -0.15) is 26.3 Å². The summed E-state index contributed by atoms with van der Waals surface area (Å²) in [5.41, 5.74) is 8.98. The van der Waals surface area contributed by atoms with Crippen molar-refractivity contribution in [1.82, 2.24) is 0 Å². The van der Waals surface area contributed by atoms with Gasteiger partial charge in [-0.25, -0.2) is 0 Å². The topological polar surface area (TPSA) is 87.6 Å². The monoisotopic (exact) mass is 885 g/mol. The Balaban J connectivity index is 0.992. The van der Waals surface area contributed by atoms with Gasteiger partial charge >= 0.3 is 23.9 Å². The normalized spacial score (nSPS) is 29.5. The number of hydrogen-bond donors (Lipinski definition) is 2. The van der Waals surface area contributed by atoms with Crippen molar-refractivity contribution in [1.29, 1.82) is 0 Å². The molecule has 2 unspecified atom stereocenters. The number of benzene rings is 1. The fraction of sp³-hybridized carbons (Fsp3) is 0.863. The van der Waals surface area contributed by atoms with Crippen LogP contribution in [0.15, 0.2) is 18.2 Å². The van der Waals surface area contributed by atoms with Crippen LogP contribution in [0.1, 0.15) is 207 Å². The van der Waals surface area contributed by atoms with Crippen molar-refractivity contribution >= 4 is 17.3 Å². The summed E-state index contributed by atoms with van der Waals surface area (Å²) in [4.78, 5) is 12.8. The van der Waals surface area contributed by atoms with Gasteiger partial charge in [-0.15, -0.1) is 0 Å². The first-order chi connectivity index (χ1) is 29.4. The van der Waals surface area contributed by atoms with Gasteiger partial charge in [0.25, 0.3) is 0 Å². The smallest absolute Gasteiger partial charge is 0.426 e. The maximum absolute atomic E-state index is 15.2. The molecule has 11 heteroatoms. The van der Waals surface area contributed by atoms with Crippen molar-refractivity contribution in [2.24, 2.45) is 46.3 Å². The Bertz CT molecular complexity index is 1520. The molecule has 4 aliphatic carbocycles. The highest BCUT2D eigenvalue weighted by Crippen LogP contribution is 2.69. The summed E-state index contributed by atoms with van der Waals surface area (Å²) in [6, 6.07) is 2.15. The molecule has 0 spiro atoms. The van der Waals surface area contributed by atoms with Crippen molar-refractivity contribution in [3.63, 3.8) is 0 Å². The summed E-state index contributed by atoms with van der Waals surface area (Å²) in [7, 11) is 0. The van der Waals surface area contributed by atoms with Gasteiger partial charge < -0.3 is 20.9 Å². The van der Waals surface area contributed by atoms with E-state index in [4.69, 9.17) is 20.9 Å². The Hall–Kier alpha value is -2.17. The fourth-order valence-electron chi connectivity index (χ4n) is 13.3. The third kappa shape index (κ3) is 12.0. The van der Waals surface area contributed by atoms with Crippen LogP contribution in [0.4, 0.5) is 37.7 Å². The van der Waals surface area contributed by atoms with E-state index in [0.29, 0.717) is 61.2 Å². The molecule has 356 valence electrons. The first-order valence-electron chi connectivity index (χ1n) is 25.0. The molecule has 0 aromatic heterocycles. The quantitative estimate of drug-likeness (QED) is 0.0419. The summed E-state index contributed by atoms with van der Waals surface area (Å²) >= 11 is 0. The molecule has 0 heterocycles. The minimum atomic E-state index is -5.84. The van der Waals surface area contributed by atoms with Crippen LogP contribution in [-0.4, -0.2) is 30.7 Å². The molecule has 1 aromatic carbocycles. The number of esters is 1. The predicted molar refractivity (Wildman–Crippen MR) is 238 cm³/mol. The van der Waals surface area contributed by atoms with Crippen LogP contribution in [0.3, 0.4) is 0 Å². The third-order valence-corrected chi connectivity index (χ3v) is 16.9. The van der Waals surface area contributed by atoms with Crippen LogP contribution in [0, 0.1) is 46.3 Å². The van der Waals surface area contributed by atoms with Crippen molar-refractivity contribution in [2.45, 2.75) is 225 Å². The van der Waals surface area contributed by atoms with Crippen molar-refractivity contribution < 1.29 is 40.6 Å². The van der Waals surface area contributed by atoms with Crippen LogP contribution < -0.4 is 11.5 Å². The summed E-state index contributed by atoms with van der Waals surface area (Å²) in [6.45, 7) is 9.76. The highest BCUT2D eigenvalue weighted by molar-refractivity contribution is 5.69. The molecule has 0 bridgehead atoms. The van der Waals surface area contributed by atoms with E-state index in [1.54, 1.807) is 0 Å². The van der Waals surface area contributed by atoms with Crippen molar-refractivity contribution in [3.8, 4) is 0 Å². The second kappa shape index (κ2) is 22.3. The van der Waals surface area contributed by atoms with Gasteiger partial charge in [0.05, 0.1) is 12.7 Å². The summed E-state index contributed by atoms with van der Waals surface area (Å²) in [6.07, 6.45) is 22.4. The average Bonchev–Trinajstić information content (AvgIpc) is 3.58. The Morgan fingerprint density at radius 1 is 0.710 bits per heavy atom. The molecule has 5 rings (SSSR count). The maximum atomic E-state index is 15.2. The summed E-state index contributed by atoms with van der Waals surface area (Å²) < 4.78 is 101. The van der Waals surface area contributed by atoms with Gasteiger partial charge in [-0.3, -0.25) is 4.79 Å². The number of alkyl halides is 6. The summed E-state index contributed by atoms with van der Waals surface area (Å²) in [5, 5.41) is 0. The lowest BCUT2D eigenvalue weighted by Gasteiger charge is -2.61. The molecule has 4 N–H and O–H groups in total. The number of anilines is 2. The van der Waals surface area contributed by atoms with Crippen LogP contribution in [-0.2, 0) is 20.2 Å². The first kappa shape index (κ1) is 50.8. The number of ether oxygens (including phenoxy) is 2. The van der Waals surface area contributed by atoms with Gasteiger partial charge in [0.15, 0.2) is 0 Å². The van der Waals surface area contributed by atoms with Crippen LogP contribution in [0.2, 0.25) is 0 Å². The van der Waals surface area contributed by atoms with Crippen LogP contribution in [0.25, 0.3) is 0 Å². The van der Waals surface area contributed by atoms with E-state index in [1.807, 2.05) is 0 Å². The number of nitrogen functional groups attached to an aromatic ring is 2. The molecular formula is C51H82F6N2O3. The molecular weight excluding hydrogens is 803 g/mol. The number of nitrogens with two attached hydrogens (primary N) is 2. The number of rotatable bonds is 26. The molecule has 4 aliphatic rings. The summed E-state index contributed by atoms with van der Waals surface area (Å²) in [5.74, 6) is -8.90. The largest absolute Gasteiger partial charge is 0.466 e. The van der Waals surface area contributed by atoms with E-state index >= 15 is 26.3 Å². The molecule has 4 saturated carbocycles. The van der Waals surface area contributed by atoms with Crippen molar-refractivity contribution in [2.75, 3.05) is 18.1 Å². The Kier molecular flexibility index (Phi) is 18.3. The lowest BCUT2D eigenvalue weighted by Crippen LogP contribution is -2.57. The molecule has 9 atom stereocenters. The second-order valence-electron chi connectivity index (χ2n) is 21.0. The standard InChI is InChI=1S/C51H82F6N2O3/c1-5-6-7-8-9-10-11-12-13-14-15-16-17-18-19-20-31-61-46(60)26-21-36(2)43-24-25-44-42-23-22-37-34-41(27-29-47(37,3)45(42)28-30-48(43,44)4)62-51(56,57)50(54,55)49(52,53)38-32-39(58)35-40(59)33-38/h32-33,35-37,41-45H,5-31,34,58-59H2,1-4H3/t36-,37?,41?,42+,43-,44+,45+,47+,48-/m1/s1. The average molecular weight is 885 g/mol. The van der Waals surface area contributed by atoms with Gasteiger partial charge in [-0.05, 0) is 135 Å². The highest BCUT2D eigenvalue weighted by Gasteiger charge is 2.74. The number of carbonyl (C=O) groups is 1. The zero-order valence-corrected chi connectivity index (χ0v) is 38.7. The SMILES string of the molecule is CCCCCCCCCCCCCCCCCCOC(=O)CC[C@@H](C)[C@H]1CC[C@H]2[C@@H]3CCC4CC(OC(F)(F)C(F)(F)C(F)(F)c5cc(N)cc(N)c5)CC[C@]4(C)[C@H]3CC[C@]12C.